The first-order valence-electron chi connectivity index (χ1n) is 6.07. The van der Waals surface area contributed by atoms with Crippen molar-refractivity contribution in [1.29, 1.82) is 0 Å². The van der Waals surface area contributed by atoms with Gasteiger partial charge >= 0.3 is 0 Å². The van der Waals surface area contributed by atoms with Gasteiger partial charge in [0, 0.05) is 21.1 Å². The second kappa shape index (κ2) is 6.48. The first-order valence-corrected chi connectivity index (χ1v) is 6.82. The fourth-order valence-electron chi connectivity index (χ4n) is 2.02. The van der Waals surface area contributed by atoms with Gasteiger partial charge in [0.15, 0.2) is 0 Å². The summed E-state index contributed by atoms with van der Waals surface area (Å²) in [5.74, 6) is 0.747. The van der Waals surface area contributed by atoms with Crippen molar-refractivity contribution >= 4 is 58.0 Å². The van der Waals surface area contributed by atoms with Gasteiger partial charge in [0.1, 0.15) is 12.1 Å². The Morgan fingerprint density at radius 1 is 0.952 bits per heavy atom. The predicted octanol–water partition coefficient (Wildman–Crippen LogP) is 5.41. The highest BCUT2D eigenvalue weighted by Gasteiger charge is 2.06. The van der Waals surface area contributed by atoms with Gasteiger partial charge in [0.25, 0.3) is 0 Å². The number of aryl methyl sites for hydroxylation is 1. The van der Waals surface area contributed by atoms with Gasteiger partial charge < -0.3 is 5.32 Å². The van der Waals surface area contributed by atoms with E-state index in [9.17, 15) is 0 Å². The fourth-order valence-corrected chi connectivity index (χ4v) is 2.42. The molecule has 3 rings (SSSR count). The lowest BCUT2D eigenvalue weighted by Crippen LogP contribution is -1.97. The van der Waals surface area contributed by atoms with Gasteiger partial charge in [-0.05, 0) is 48.9 Å². The normalized spacial score (nSPS) is 10.2. The van der Waals surface area contributed by atoms with Crippen LogP contribution < -0.4 is 5.32 Å². The highest BCUT2D eigenvalue weighted by atomic mass is 35.5. The molecule has 1 aromatic heterocycles. The van der Waals surface area contributed by atoms with Gasteiger partial charge in [0.2, 0.25) is 0 Å². The van der Waals surface area contributed by atoms with Crippen molar-refractivity contribution in [1.82, 2.24) is 9.97 Å². The maximum absolute atomic E-state index is 5.98. The van der Waals surface area contributed by atoms with Crippen LogP contribution in [0.4, 0.5) is 11.5 Å². The number of benzene rings is 2. The molecule has 2 aromatic carbocycles. The minimum absolute atomic E-state index is 0. The molecular weight excluding hydrogens is 329 g/mol. The lowest BCUT2D eigenvalue weighted by Gasteiger charge is -2.11. The van der Waals surface area contributed by atoms with Crippen LogP contribution in [0.2, 0.25) is 10.0 Å². The molecule has 108 valence electrons. The number of aromatic nitrogens is 2. The quantitative estimate of drug-likeness (QED) is 0.677. The third-order valence-corrected chi connectivity index (χ3v) is 3.51. The molecule has 0 spiro atoms. The Morgan fingerprint density at radius 2 is 1.67 bits per heavy atom. The van der Waals surface area contributed by atoms with E-state index in [2.05, 4.69) is 15.3 Å². The van der Waals surface area contributed by atoms with Gasteiger partial charge in [-0.25, -0.2) is 9.97 Å². The van der Waals surface area contributed by atoms with E-state index in [1.165, 1.54) is 6.33 Å². The van der Waals surface area contributed by atoms with Gasteiger partial charge in [-0.15, -0.1) is 12.4 Å². The molecule has 0 fully saturated rings. The predicted molar refractivity (Wildman–Crippen MR) is 91.3 cm³/mol. The molecule has 0 saturated carbocycles. The first-order chi connectivity index (χ1) is 9.63. The van der Waals surface area contributed by atoms with Crippen molar-refractivity contribution in [2.75, 3.05) is 5.32 Å². The average molecular weight is 341 g/mol. The fraction of sp³-hybridized carbons (Fsp3) is 0.0667. The summed E-state index contributed by atoms with van der Waals surface area (Å²) < 4.78 is 0. The summed E-state index contributed by atoms with van der Waals surface area (Å²) in [6, 6.07) is 11.2. The van der Waals surface area contributed by atoms with Crippen LogP contribution in [0, 0.1) is 6.92 Å². The van der Waals surface area contributed by atoms with Crippen molar-refractivity contribution in [3.63, 3.8) is 0 Å². The first kappa shape index (κ1) is 15.8. The molecule has 0 amide bonds. The van der Waals surface area contributed by atoms with E-state index in [0.29, 0.717) is 10.0 Å². The molecule has 0 atom stereocenters. The molecule has 0 bridgehead atoms. The smallest absolute Gasteiger partial charge is 0.141 e. The van der Waals surface area contributed by atoms with E-state index >= 15 is 0 Å². The SMILES string of the molecule is Cc1cc(Cl)ccc1Nc1ncnc2cc(Cl)ccc12.Cl. The van der Waals surface area contributed by atoms with Gasteiger partial charge in [-0.1, -0.05) is 23.2 Å². The van der Waals surface area contributed by atoms with E-state index in [0.717, 1.165) is 28.0 Å². The van der Waals surface area contributed by atoms with E-state index in [-0.39, 0.29) is 12.4 Å². The molecule has 1 heterocycles. The summed E-state index contributed by atoms with van der Waals surface area (Å²) in [6.07, 6.45) is 1.52. The average Bonchev–Trinajstić information content (AvgIpc) is 2.41. The van der Waals surface area contributed by atoms with E-state index in [4.69, 9.17) is 23.2 Å². The van der Waals surface area contributed by atoms with Crippen molar-refractivity contribution in [3.05, 3.63) is 58.3 Å². The van der Waals surface area contributed by atoms with Gasteiger partial charge in [0.05, 0.1) is 5.52 Å². The Hall–Kier alpha value is -1.55. The van der Waals surface area contributed by atoms with E-state index in [1.54, 1.807) is 0 Å². The number of rotatable bonds is 2. The monoisotopic (exact) mass is 339 g/mol. The second-order valence-electron chi connectivity index (χ2n) is 4.47. The molecule has 0 aliphatic rings. The summed E-state index contributed by atoms with van der Waals surface area (Å²) >= 11 is 11.9. The lowest BCUT2D eigenvalue weighted by atomic mass is 10.2. The molecular formula is C15H12Cl3N3. The molecule has 21 heavy (non-hydrogen) atoms. The largest absolute Gasteiger partial charge is 0.339 e. The molecule has 0 aliphatic carbocycles. The van der Waals surface area contributed by atoms with Crippen molar-refractivity contribution < 1.29 is 0 Å². The molecule has 3 aromatic rings. The van der Waals surface area contributed by atoms with Crippen LogP contribution in [0.1, 0.15) is 5.56 Å². The molecule has 0 radical (unpaired) electrons. The van der Waals surface area contributed by atoms with Crippen LogP contribution in [0.5, 0.6) is 0 Å². The third-order valence-electron chi connectivity index (χ3n) is 3.04. The Kier molecular flexibility index (Phi) is 4.88. The number of fused-ring (bicyclic) bond motifs is 1. The van der Waals surface area contributed by atoms with Crippen LogP contribution in [0.15, 0.2) is 42.7 Å². The Labute approximate surface area is 138 Å². The van der Waals surface area contributed by atoms with Crippen LogP contribution in [-0.2, 0) is 0 Å². The molecule has 0 saturated heterocycles. The van der Waals surface area contributed by atoms with Crippen molar-refractivity contribution in [2.24, 2.45) is 0 Å². The molecule has 1 N–H and O–H groups in total. The Balaban J connectivity index is 0.00000161. The zero-order valence-corrected chi connectivity index (χ0v) is 13.4. The molecule has 0 aliphatic heterocycles. The van der Waals surface area contributed by atoms with Crippen LogP contribution in [0.3, 0.4) is 0 Å². The third kappa shape index (κ3) is 3.38. The van der Waals surface area contributed by atoms with Crippen LogP contribution in [0.25, 0.3) is 10.9 Å². The summed E-state index contributed by atoms with van der Waals surface area (Å²) in [6.45, 7) is 1.99. The molecule has 6 heteroatoms. The minimum atomic E-state index is 0. The molecule has 3 nitrogen and oxygen atoms in total. The van der Waals surface area contributed by atoms with Gasteiger partial charge in [-0.3, -0.25) is 0 Å². The van der Waals surface area contributed by atoms with E-state index < -0.39 is 0 Å². The molecule has 0 unspecified atom stereocenters. The van der Waals surface area contributed by atoms with Gasteiger partial charge in [-0.2, -0.15) is 0 Å². The summed E-state index contributed by atoms with van der Waals surface area (Å²) in [4.78, 5) is 8.52. The van der Waals surface area contributed by atoms with Crippen molar-refractivity contribution in [3.8, 4) is 0 Å². The summed E-state index contributed by atoms with van der Waals surface area (Å²) in [7, 11) is 0. The second-order valence-corrected chi connectivity index (χ2v) is 5.34. The maximum atomic E-state index is 5.98. The number of anilines is 2. The minimum Gasteiger partial charge on any atom is -0.339 e. The summed E-state index contributed by atoms with van der Waals surface area (Å²) in [5, 5.41) is 5.60. The van der Waals surface area contributed by atoms with E-state index in [1.807, 2.05) is 43.3 Å². The Morgan fingerprint density at radius 3 is 2.43 bits per heavy atom. The lowest BCUT2D eigenvalue weighted by molar-refractivity contribution is 1.21. The summed E-state index contributed by atoms with van der Waals surface area (Å²) in [5.41, 5.74) is 2.82. The maximum Gasteiger partial charge on any atom is 0.141 e. The highest BCUT2D eigenvalue weighted by molar-refractivity contribution is 6.31. The zero-order valence-electron chi connectivity index (χ0n) is 11.1. The van der Waals surface area contributed by atoms with Crippen LogP contribution >= 0.6 is 35.6 Å². The number of hydrogen-bond acceptors (Lipinski definition) is 3. The van der Waals surface area contributed by atoms with Crippen LogP contribution in [-0.4, -0.2) is 9.97 Å². The number of nitrogens with zero attached hydrogens (tertiary/aromatic N) is 2. The topological polar surface area (TPSA) is 37.8 Å². The van der Waals surface area contributed by atoms with Crippen molar-refractivity contribution in [2.45, 2.75) is 6.92 Å². The number of hydrogen-bond donors (Lipinski definition) is 1. The zero-order chi connectivity index (χ0) is 14.1. The number of nitrogens with one attached hydrogen (secondary N) is 1. The standard InChI is InChI=1S/C15H11Cl2N3.ClH/c1-9-6-10(16)3-5-13(9)20-15-12-4-2-11(17)7-14(12)18-8-19-15;/h2-8H,1H3,(H,18,19,20);1H. The number of halogens is 3. The highest BCUT2D eigenvalue weighted by Crippen LogP contribution is 2.27. The Bertz CT molecular complexity index is 790.